The standard InChI is InChI=1S/C16H11IN2O4/c17-11-5-3-10(4-6-11)8-13-14(20)18-16(22)19(15(13)21)9-12-2-1-7-23-12/h1-8H,9H2,(H,18,20,22)/b13-8+. The van der Waals surface area contributed by atoms with E-state index in [0.717, 1.165) is 8.47 Å². The SMILES string of the molecule is O=C1NC(=O)N(Cc2ccco2)C(=O)/C1=C/c1ccc(I)cc1. The molecule has 1 aromatic heterocycles. The summed E-state index contributed by atoms with van der Waals surface area (Å²) in [6.07, 6.45) is 2.92. The number of halogens is 1. The van der Waals surface area contributed by atoms with E-state index in [2.05, 4.69) is 27.9 Å². The minimum absolute atomic E-state index is 0.0328. The first-order chi connectivity index (χ1) is 11.0. The van der Waals surface area contributed by atoms with Crippen molar-refractivity contribution in [1.29, 1.82) is 0 Å². The van der Waals surface area contributed by atoms with Crippen molar-refractivity contribution in [2.75, 3.05) is 0 Å². The molecule has 0 unspecified atom stereocenters. The maximum Gasteiger partial charge on any atom is 0.331 e. The summed E-state index contributed by atoms with van der Waals surface area (Å²) in [4.78, 5) is 37.3. The number of nitrogens with zero attached hydrogens (tertiary/aromatic N) is 1. The Bertz CT molecular complexity index is 794. The van der Waals surface area contributed by atoms with Crippen LogP contribution in [0.3, 0.4) is 0 Å². The molecule has 7 heteroatoms. The number of urea groups is 1. The quantitative estimate of drug-likeness (QED) is 0.469. The van der Waals surface area contributed by atoms with Gasteiger partial charge in [0.1, 0.15) is 11.3 Å². The zero-order valence-electron chi connectivity index (χ0n) is 11.8. The average molecular weight is 422 g/mol. The number of hydrogen-bond acceptors (Lipinski definition) is 4. The fourth-order valence-electron chi connectivity index (χ4n) is 2.12. The van der Waals surface area contributed by atoms with Crippen LogP contribution in [0.2, 0.25) is 0 Å². The maximum atomic E-state index is 12.5. The Balaban J connectivity index is 1.90. The van der Waals surface area contributed by atoms with E-state index in [1.807, 2.05) is 12.1 Å². The molecule has 23 heavy (non-hydrogen) atoms. The number of rotatable bonds is 3. The number of amides is 4. The van der Waals surface area contributed by atoms with E-state index < -0.39 is 17.8 Å². The van der Waals surface area contributed by atoms with E-state index in [4.69, 9.17) is 4.42 Å². The van der Waals surface area contributed by atoms with Gasteiger partial charge in [0.15, 0.2) is 0 Å². The molecule has 0 spiro atoms. The molecule has 3 rings (SSSR count). The lowest BCUT2D eigenvalue weighted by molar-refractivity contribution is -0.130. The van der Waals surface area contributed by atoms with E-state index in [0.29, 0.717) is 11.3 Å². The summed E-state index contributed by atoms with van der Waals surface area (Å²) in [5.74, 6) is -0.889. The number of carbonyl (C=O) groups excluding carboxylic acids is 3. The Hall–Kier alpha value is -2.42. The Morgan fingerprint density at radius 3 is 2.52 bits per heavy atom. The summed E-state index contributed by atoms with van der Waals surface area (Å²) in [7, 11) is 0. The predicted molar refractivity (Wildman–Crippen MR) is 89.9 cm³/mol. The molecule has 1 fully saturated rings. The molecule has 1 aliphatic rings. The van der Waals surface area contributed by atoms with Crippen LogP contribution < -0.4 is 5.32 Å². The molecule has 6 nitrogen and oxygen atoms in total. The molecule has 0 saturated carbocycles. The van der Waals surface area contributed by atoms with Gasteiger partial charge in [-0.3, -0.25) is 19.8 Å². The number of barbiturate groups is 1. The molecule has 2 heterocycles. The van der Waals surface area contributed by atoms with Gasteiger partial charge in [0.05, 0.1) is 12.8 Å². The van der Waals surface area contributed by atoms with Crippen LogP contribution in [-0.4, -0.2) is 22.7 Å². The van der Waals surface area contributed by atoms with Crippen molar-refractivity contribution >= 4 is 46.5 Å². The number of carbonyl (C=O) groups is 3. The van der Waals surface area contributed by atoms with Gasteiger partial charge in [-0.2, -0.15) is 0 Å². The van der Waals surface area contributed by atoms with E-state index in [9.17, 15) is 14.4 Å². The topological polar surface area (TPSA) is 79.6 Å². The molecule has 1 saturated heterocycles. The number of nitrogens with one attached hydrogen (secondary N) is 1. The molecule has 0 atom stereocenters. The Morgan fingerprint density at radius 2 is 1.87 bits per heavy atom. The minimum Gasteiger partial charge on any atom is -0.467 e. The van der Waals surface area contributed by atoms with Crippen molar-refractivity contribution in [1.82, 2.24) is 10.2 Å². The number of imide groups is 2. The van der Waals surface area contributed by atoms with E-state index >= 15 is 0 Å². The van der Waals surface area contributed by atoms with E-state index in [1.54, 1.807) is 24.3 Å². The third kappa shape index (κ3) is 3.34. The smallest absolute Gasteiger partial charge is 0.331 e. The summed E-state index contributed by atoms with van der Waals surface area (Å²) in [6, 6.07) is 9.88. The minimum atomic E-state index is -0.754. The van der Waals surface area contributed by atoms with Gasteiger partial charge in [0.2, 0.25) is 0 Å². The summed E-state index contributed by atoms with van der Waals surface area (Å²) >= 11 is 2.16. The molecular formula is C16H11IN2O4. The number of hydrogen-bond donors (Lipinski definition) is 1. The third-order valence-electron chi connectivity index (χ3n) is 3.26. The lowest BCUT2D eigenvalue weighted by Crippen LogP contribution is -2.53. The first-order valence-corrected chi connectivity index (χ1v) is 7.79. The zero-order chi connectivity index (χ0) is 16.4. The van der Waals surface area contributed by atoms with Gasteiger partial charge in [0, 0.05) is 3.57 Å². The van der Waals surface area contributed by atoms with Gasteiger partial charge in [-0.25, -0.2) is 4.79 Å². The molecular weight excluding hydrogens is 411 g/mol. The van der Waals surface area contributed by atoms with Gasteiger partial charge < -0.3 is 4.42 Å². The Kier molecular flexibility index (Phi) is 4.28. The number of benzene rings is 1. The molecule has 2 aromatic rings. The van der Waals surface area contributed by atoms with Crippen LogP contribution in [-0.2, 0) is 16.1 Å². The van der Waals surface area contributed by atoms with Crippen LogP contribution in [0.15, 0.2) is 52.7 Å². The largest absolute Gasteiger partial charge is 0.467 e. The summed E-state index contributed by atoms with van der Waals surface area (Å²) in [6.45, 7) is -0.0328. The van der Waals surface area contributed by atoms with Crippen molar-refractivity contribution in [3.63, 3.8) is 0 Å². The summed E-state index contributed by atoms with van der Waals surface area (Å²) < 4.78 is 6.19. The van der Waals surface area contributed by atoms with E-state index in [-0.39, 0.29) is 12.1 Å². The van der Waals surface area contributed by atoms with Crippen molar-refractivity contribution in [3.05, 3.63) is 63.1 Å². The van der Waals surface area contributed by atoms with Crippen LogP contribution in [0.25, 0.3) is 6.08 Å². The lowest BCUT2D eigenvalue weighted by Gasteiger charge is -2.25. The summed E-state index contributed by atoms with van der Waals surface area (Å²) in [5.41, 5.74) is 0.619. The maximum absolute atomic E-state index is 12.5. The second kappa shape index (κ2) is 6.37. The van der Waals surface area contributed by atoms with Gasteiger partial charge in [0.25, 0.3) is 11.8 Å². The number of furan rings is 1. The van der Waals surface area contributed by atoms with Crippen molar-refractivity contribution in [2.24, 2.45) is 0 Å². The van der Waals surface area contributed by atoms with Crippen LogP contribution in [0, 0.1) is 3.57 Å². The first kappa shape index (κ1) is 15.5. The Labute approximate surface area is 145 Å². The fourth-order valence-corrected chi connectivity index (χ4v) is 2.48. The van der Waals surface area contributed by atoms with Crippen LogP contribution in [0.5, 0.6) is 0 Å². The van der Waals surface area contributed by atoms with Crippen molar-refractivity contribution < 1.29 is 18.8 Å². The second-order valence-corrected chi connectivity index (χ2v) is 6.09. The molecule has 0 radical (unpaired) electrons. The molecule has 1 N–H and O–H groups in total. The highest BCUT2D eigenvalue weighted by Crippen LogP contribution is 2.17. The van der Waals surface area contributed by atoms with Crippen LogP contribution in [0.1, 0.15) is 11.3 Å². The molecule has 4 amide bonds. The van der Waals surface area contributed by atoms with Gasteiger partial charge >= 0.3 is 6.03 Å². The van der Waals surface area contributed by atoms with Crippen LogP contribution in [0.4, 0.5) is 4.79 Å². The highest BCUT2D eigenvalue weighted by molar-refractivity contribution is 14.1. The zero-order valence-corrected chi connectivity index (χ0v) is 13.9. The second-order valence-electron chi connectivity index (χ2n) is 4.84. The summed E-state index contributed by atoms with van der Waals surface area (Å²) in [5, 5.41) is 2.17. The molecule has 1 aliphatic heterocycles. The van der Waals surface area contributed by atoms with Crippen molar-refractivity contribution in [3.8, 4) is 0 Å². The normalized spacial score (nSPS) is 16.8. The highest BCUT2D eigenvalue weighted by atomic mass is 127. The monoisotopic (exact) mass is 422 g/mol. The molecule has 0 aliphatic carbocycles. The lowest BCUT2D eigenvalue weighted by atomic mass is 10.1. The van der Waals surface area contributed by atoms with E-state index in [1.165, 1.54) is 12.3 Å². The molecule has 116 valence electrons. The van der Waals surface area contributed by atoms with Gasteiger partial charge in [-0.15, -0.1) is 0 Å². The fraction of sp³-hybridized carbons (Fsp3) is 0.0625. The first-order valence-electron chi connectivity index (χ1n) is 6.71. The third-order valence-corrected chi connectivity index (χ3v) is 3.98. The highest BCUT2D eigenvalue weighted by Gasteiger charge is 2.36. The van der Waals surface area contributed by atoms with Crippen LogP contribution >= 0.6 is 22.6 Å². The van der Waals surface area contributed by atoms with Gasteiger partial charge in [-0.05, 0) is 58.5 Å². The average Bonchev–Trinajstić information content (AvgIpc) is 3.03. The predicted octanol–water partition coefficient (Wildman–Crippen LogP) is 2.55. The van der Waals surface area contributed by atoms with Gasteiger partial charge in [-0.1, -0.05) is 12.1 Å². The molecule has 1 aromatic carbocycles. The molecule has 0 bridgehead atoms. The van der Waals surface area contributed by atoms with Crippen molar-refractivity contribution in [2.45, 2.75) is 6.54 Å². The Morgan fingerprint density at radius 1 is 1.13 bits per heavy atom.